The summed E-state index contributed by atoms with van der Waals surface area (Å²) in [5.74, 6) is 2.88. The molecule has 0 aliphatic carbocycles. The smallest absolute Gasteiger partial charge is 0.185 e. The van der Waals surface area contributed by atoms with Crippen LogP contribution in [0.25, 0.3) is 0 Å². The molecule has 0 amide bonds. The highest BCUT2D eigenvalue weighted by molar-refractivity contribution is 8.15. The summed E-state index contributed by atoms with van der Waals surface area (Å²) in [6, 6.07) is 4.29. The minimum Gasteiger partial charge on any atom is -0.507 e. The number of unbranched alkanes of at least 4 members (excludes halogenated alkanes) is 10. The van der Waals surface area contributed by atoms with Gasteiger partial charge in [-0.25, -0.2) is 9.98 Å². The second kappa shape index (κ2) is 18.6. The van der Waals surface area contributed by atoms with Crippen molar-refractivity contribution < 1.29 is 5.11 Å². The van der Waals surface area contributed by atoms with Gasteiger partial charge in [-0.2, -0.15) is 0 Å². The molecule has 6 heteroatoms. The van der Waals surface area contributed by atoms with E-state index in [2.05, 4.69) is 79.8 Å². The Balaban J connectivity index is 2.26. The van der Waals surface area contributed by atoms with Gasteiger partial charge >= 0.3 is 0 Å². The summed E-state index contributed by atoms with van der Waals surface area (Å²) >= 11 is 3.79. The summed E-state index contributed by atoms with van der Waals surface area (Å²) in [6.07, 6.45) is 16.7. The van der Waals surface area contributed by atoms with Crippen molar-refractivity contribution in [3.05, 3.63) is 23.3 Å². The first-order valence-electron chi connectivity index (χ1n) is 17.0. The SMILES string of the molecule is CCCCCCCCSC1=NC(Nc2cc(C(C)(C)C)c(O)c(C(C)(C)C)c2)C(CC)C(SCCCCCCCC)=N1. The van der Waals surface area contributed by atoms with Crippen molar-refractivity contribution in [3.8, 4) is 5.75 Å². The lowest BCUT2D eigenvalue weighted by Gasteiger charge is -2.32. The number of aromatic hydroxyl groups is 1. The van der Waals surface area contributed by atoms with Crippen molar-refractivity contribution in [2.45, 2.75) is 163 Å². The topological polar surface area (TPSA) is 57.0 Å². The van der Waals surface area contributed by atoms with E-state index in [0.29, 0.717) is 5.75 Å². The monoisotopic (exact) mass is 617 g/mol. The summed E-state index contributed by atoms with van der Waals surface area (Å²) in [5.41, 5.74) is 2.67. The van der Waals surface area contributed by atoms with E-state index in [1.165, 1.54) is 82.1 Å². The molecule has 0 spiro atoms. The number of benzene rings is 1. The van der Waals surface area contributed by atoms with Crippen LogP contribution in [0.3, 0.4) is 0 Å². The first kappa shape index (κ1) is 37.0. The fourth-order valence-corrected chi connectivity index (χ4v) is 7.58. The van der Waals surface area contributed by atoms with Crippen LogP contribution in [0.4, 0.5) is 5.69 Å². The molecule has 0 radical (unpaired) electrons. The Morgan fingerprint density at radius 1 is 0.714 bits per heavy atom. The average molecular weight is 618 g/mol. The zero-order valence-corrected chi connectivity index (χ0v) is 30.2. The molecule has 2 N–H and O–H groups in total. The lowest BCUT2D eigenvalue weighted by Crippen LogP contribution is -2.36. The highest BCUT2D eigenvalue weighted by Crippen LogP contribution is 2.42. The number of aliphatic imine (C=N–C) groups is 2. The van der Waals surface area contributed by atoms with Crippen molar-refractivity contribution in [1.29, 1.82) is 0 Å². The minimum atomic E-state index is -0.167. The lowest BCUT2D eigenvalue weighted by molar-refractivity contribution is 0.423. The maximum atomic E-state index is 11.3. The van der Waals surface area contributed by atoms with Gasteiger partial charge in [0.05, 0.1) is 5.04 Å². The van der Waals surface area contributed by atoms with Crippen LogP contribution in [-0.4, -0.2) is 33.0 Å². The maximum Gasteiger partial charge on any atom is 0.185 e. The quantitative estimate of drug-likeness (QED) is 0.135. The van der Waals surface area contributed by atoms with E-state index >= 15 is 0 Å². The minimum absolute atomic E-state index is 0.0585. The largest absolute Gasteiger partial charge is 0.507 e. The Morgan fingerprint density at radius 2 is 1.19 bits per heavy atom. The zero-order chi connectivity index (χ0) is 31.2. The number of nitrogens with zero attached hydrogens (tertiary/aromatic N) is 2. The van der Waals surface area contributed by atoms with E-state index in [4.69, 9.17) is 9.98 Å². The molecule has 0 saturated carbocycles. The van der Waals surface area contributed by atoms with Crippen molar-refractivity contribution >= 4 is 39.4 Å². The molecule has 1 heterocycles. The molecule has 0 bridgehead atoms. The third-order valence-corrected chi connectivity index (χ3v) is 10.2. The highest BCUT2D eigenvalue weighted by Gasteiger charge is 2.32. The van der Waals surface area contributed by atoms with Crippen molar-refractivity contribution in [1.82, 2.24) is 0 Å². The number of anilines is 1. The number of hydrogen-bond donors (Lipinski definition) is 2. The van der Waals surface area contributed by atoms with Gasteiger partial charge in [0, 0.05) is 28.5 Å². The third-order valence-electron chi connectivity index (χ3n) is 8.11. The number of nitrogens with one attached hydrogen (secondary N) is 1. The predicted molar refractivity (Wildman–Crippen MR) is 193 cm³/mol. The fraction of sp³-hybridized carbons (Fsp3) is 0.778. The van der Waals surface area contributed by atoms with Gasteiger partial charge in [0.25, 0.3) is 0 Å². The number of thioether (sulfide) groups is 2. The first-order valence-corrected chi connectivity index (χ1v) is 19.0. The molecule has 2 rings (SSSR count). The molecule has 1 aromatic carbocycles. The van der Waals surface area contributed by atoms with Gasteiger partial charge in [-0.1, -0.05) is 138 Å². The number of rotatable bonds is 17. The molecule has 2 unspecified atom stereocenters. The second-order valence-electron chi connectivity index (χ2n) is 14.1. The van der Waals surface area contributed by atoms with Crippen LogP contribution in [0.2, 0.25) is 0 Å². The molecule has 4 nitrogen and oxygen atoms in total. The molecule has 1 aliphatic heterocycles. The van der Waals surface area contributed by atoms with Crippen LogP contribution < -0.4 is 5.32 Å². The van der Waals surface area contributed by atoms with Gasteiger partial charge < -0.3 is 10.4 Å². The van der Waals surface area contributed by atoms with Crippen molar-refractivity contribution in [2.24, 2.45) is 15.9 Å². The van der Waals surface area contributed by atoms with E-state index in [1.54, 1.807) is 0 Å². The number of phenols is 1. The molecule has 0 aromatic heterocycles. The van der Waals surface area contributed by atoms with Gasteiger partial charge in [-0.3, -0.25) is 0 Å². The van der Waals surface area contributed by atoms with Crippen LogP contribution in [0.1, 0.15) is 157 Å². The molecule has 42 heavy (non-hydrogen) atoms. The van der Waals surface area contributed by atoms with Crippen LogP contribution in [0, 0.1) is 5.92 Å². The lowest BCUT2D eigenvalue weighted by atomic mass is 9.79. The molecule has 1 aliphatic rings. The predicted octanol–water partition coefficient (Wildman–Crippen LogP) is 11.7. The van der Waals surface area contributed by atoms with E-state index < -0.39 is 0 Å². The molecular formula is C36H63N3OS2. The van der Waals surface area contributed by atoms with E-state index in [-0.39, 0.29) is 22.9 Å². The number of phenolic OH excluding ortho intramolecular Hbond substituents is 1. The maximum absolute atomic E-state index is 11.3. The summed E-state index contributed by atoms with van der Waals surface area (Å²) in [7, 11) is 0. The Kier molecular flexibility index (Phi) is 16.4. The Labute approximate surface area is 268 Å². The van der Waals surface area contributed by atoms with Crippen LogP contribution in [0.5, 0.6) is 5.75 Å². The summed E-state index contributed by atoms with van der Waals surface area (Å²) in [4.78, 5) is 10.4. The first-order chi connectivity index (χ1) is 19.9. The Hall–Kier alpha value is -1.14. The summed E-state index contributed by atoms with van der Waals surface area (Å²) in [5, 5.41) is 17.3. The van der Waals surface area contributed by atoms with Crippen LogP contribution >= 0.6 is 23.5 Å². The normalized spacial score (nSPS) is 17.7. The highest BCUT2D eigenvalue weighted by atomic mass is 32.2. The third kappa shape index (κ3) is 12.5. The molecule has 1 aromatic rings. The summed E-state index contributed by atoms with van der Waals surface area (Å²) in [6.45, 7) is 19.9. The van der Waals surface area contributed by atoms with Gasteiger partial charge in [0.1, 0.15) is 11.9 Å². The molecule has 240 valence electrons. The Bertz CT molecular complexity index is 955. The van der Waals surface area contributed by atoms with Crippen molar-refractivity contribution in [3.63, 3.8) is 0 Å². The van der Waals surface area contributed by atoms with E-state index in [1.807, 2.05) is 23.5 Å². The van der Waals surface area contributed by atoms with Crippen molar-refractivity contribution in [2.75, 3.05) is 16.8 Å². The second-order valence-corrected chi connectivity index (χ2v) is 16.3. The number of amidine groups is 1. The standard InChI is InChI=1S/C36H63N3OS2/c1-10-13-15-17-19-21-23-41-33-28(12-3)32(38-34(39-33)42-24-22-20-18-16-14-11-2)37-27-25-29(35(4,5)6)31(40)30(26-27)36(7,8)9/h25-26,28,32,37,40H,10-24H2,1-9H3. The fourth-order valence-electron chi connectivity index (χ4n) is 5.43. The van der Waals surface area contributed by atoms with Gasteiger partial charge in [0.15, 0.2) is 5.17 Å². The average Bonchev–Trinajstić information content (AvgIpc) is 2.91. The van der Waals surface area contributed by atoms with Gasteiger partial charge in [-0.05, 0) is 48.0 Å². The van der Waals surface area contributed by atoms with E-state index in [0.717, 1.165) is 39.9 Å². The van der Waals surface area contributed by atoms with Gasteiger partial charge in [0.2, 0.25) is 0 Å². The molecule has 0 fully saturated rings. The summed E-state index contributed by atoms with van der Waals surface area (Å²) < 4.78 is 0. The molecule has 0 saturated heterocycles. The molecular weight excluding hydrogens is 555 g/mol. The Morgan fingerprint density at radius 3 is 1.67 bits per heavy atom. The molecule has 2 atom stereocenters. The van der Waals surface area contributed by atoms with Gasteiger partial charge in [-0.15, -0.1) is 11.8 Å². The zero-order valence-electron chi connectivity index (χ0n) is 28.6. The number of hydrogen-bond acceptors (Lipinski definition) is 6. The van der Waals surface area contributed by atoms with E-state index in [9.17, 15) is 5.11 Å². The van der Waals surface area contributed by atoms with Crippen LogP contribution in [-0.2, 0) is 10.8 Å². The van der Waals surface area contributed by atoms with Crippen LogP contribution in [0.15, 0.2) is 22.1 Å².